The normalized spacial score (nSPS) is 19.9. The van der Waals surface area contributed by atoms with Gasteiger partial charge in [-0.25, -0.2) is 4.39 Å². The van der Waals surface area contributed by atoms with Crippen molar-refractivity contribution in [2.24, 2.45) is 5.92 Å². The number of amides is 1. The van der Waals surface area contributed by atoms with Gasteiger partial charge in [-0.3, -0.25) is 4.79 Å². The zero-order valence-electron chi connectivity index (χ0n) is 10.7. The van der Waals surface area contributed by atoms with Crippen molar-refractivity contribution in [3.63, 3.8) is 0 Å². The number of hydrogen-bond donors (Lipinski definition) is 1. The van der Waals surface area contributed by atoms with Crippen LogP contribution < -0.4 is 5.73 Å². The molecule has 1 aliphatic heterocycles. The predicted molar refractivity (Wildman–Crippen MR) is 69.7 cm³/mol. The van der Waals surface area contributed by atoms with Gasteiger partial charge in [-0.2, -0.15) is 0 Å². The molecule has 2 rings (SSSR count). The minimum atomic E-state index is -0.420. The Balaban J connectivity index is 2.17. The summed E-state index contributed by atoms with van der Waals surface area (Å²) in [5, 5.41) is 0. The van der Waals surface area contributed by atoms with Gasteiger partial charge < -0.3 is 10.6 Å². The Morgan fingerprint density at radius 2 is 2.33 bits per heavy atom. The standard InChI is InChI=1S/C14H19FN2O/c1-2-10-4-3-7-17(9-10)14(18)12-8-11(15)5-6-13(12)16/h5-6,8,10H,2-4,7,9,16H2,1H3. The fourth-order valence-electron chi connectivity index (χ4n) is 2.47. The summed E-state index contributed by atoms with van der Waals surface area (Å²) >= 11 is 0. The topological polar surface area (TPSA) is 46.3 Å². The van der Waals surface area contributed by atoms with E-state index in [0.29, 0.717) is 11.6 Å². The molecule has 1 aliphatic rings. The Hall–Kier alpha value is -1.58. The molecule has 1 unspecified atom stereocenters. The highest BCUT2D eigenvalue weighted by atomic mass is 19.1. The molecule has 3 nitrogen and oxygen atoms in total. The number of likely N-dealkylation sites (tertiary alicyclic amines) is 1. The monoisotopic (exact) mass is 250 g/mol. The second kappa shape index (κ2) is 5.38. The van der Waals surface area contributed by atoms with Gasteiger partial charge >= 0.3 is 0 Å². The van der Waals surface area contributed by atoms with Crippen molar-refractivity contribution in [2.75, 3.05) is 18.8 Å². The maximum absolute atomic E-state index is 13.2. The summed E-state index contributed by atoms with van der Waals surface area (Å²) in [4.78, 5) is 14.1. The third kappa shape index (κ3) is 2.63. The minimum Gasteiger partial charge on any atom is -0.398 e. The van der Waals surface area contributed by atoms with Gasteiger partial charge in [0, 0.05) is 18.8 Å². The maximum atomic E-state index is 13.2. The number of carbonyl (C=O) groups excluding carboxylic acids is 1. The molecule has 1 aromatic rings. The summed E-state index contributed by atoms with van der Waals surface area (Å²) in [7, 11) is 0. The summed E-state index contributed by atoms with van der Waals surface area (Å²) in [6.45, 7) is 3.63. The van der Waals surface area contributed by atoms with Crippen LogP contribution in [0.4, 0.5) is 10.1 Å². The zero-order chi connectivity index (χ0) is 13.1. The molecule has 1 saturated heterocycles. The molecule has 1 atom stereocenters. The molecule has 1 heterocycles. The number of piperidine rings is 1. The third-order valence-corrected chi connectivity index (χ3v) is 3.63. The van der Waals surface area contributed by atoms with Crippen LogP contribution in [-0.2, 0) is 0 Å². The first kappa shape index (κ1) is 12.9. The van der Waals surface area contributed by atoms with E-state index in [9.17, 15) is 9.18 Å². The van der Waals surface area contributed by atoms with Gasteiger partial charge in [-0.05, 0) is 37.0 Å². The fourth-order valence-corrected chi connectivity index (χ4v) is 2.47. The number of carbonyl (C=O) groups is 1. The number of benzene rings is 1. The fraction of sp³-hybridized carbons (Fsp3) is 0.500. The Morgan fingerprint density at radius 1 is 1.56 bits per heavy atom. The van der Waals surface area contributed by atoms with Crippen molar-refractivity contribution in [2.45, 2.75) is 26.2 Å². The van der Waals surface area contributed by atoms with E-state index in [-0.39, 0.29) is 11.5 Å². The molecular formula is C14H19FN2O. The van der Waals surface area contributed by atoms with Crippen LogP contribution in [0.3, 0.4) is 0 Å². The first-order valence-electron chi connectivity index (χ1n) is 6.46. The maximum Gasteiger partial charge on any atom is 0.256 e. The van der Waals surface area contributed by atoms with Crippen LogP contribution in [0.1, 0.15) is 36.5 Å². The molecule has 0 spiro atoms. The van der Waals surface area contributed by atoms with Crippen LogP contribution in [0.25, 0.3) is 0 Å². The lowest BCUT2D eigenvalue weighted by atomic mass is 9.95. The SMILES string of the molecule is CCC1CCCN(C(=O)c2cc(F)ccc2N)C1. The average Bonchev–Trinajstić information content (AvgIpc) is 2.41. The zero-order valence-corrected chi connectivity index (χ0v) is 10.7. The molecule has 0 aromatic heterocycles. The second-order valence-corrected chi connectivity index (χ2v) is 4.90. The predicted octanol–water partition coefficient (Wildman–Crippen LogP) is 2.67. The van der Waals surface area contributed by atoms with Gasteiger partial charge in [-0.15, -0.1) is 0 Å². The summed E-state index contributed by atoms with van der Waals surface area (Å²) < 4.78 is 13.2. The quantitative estimate of drug-likeness (QED) is 0.820. The van der Waals surface area contributed by atoms with Crippen LogP contribution in [0, 0.1) is 11.7 Å². The number of hydrogen-bond acceptors (Lipinski definition) is 2. The molecule has 1 aromatic carbocycles. The van der Waals surface area contributed by atoms with E-state index in [1.165, 1.54) is 24.6 Å². The van der Waals surface area contributed by atoms with Gasteiger partial charge in [-0.1, -0.05) is 13.3 Å². The van der Waals surface area contributed by atoms with Crippen molar-refractivity contribution in [1.29, 1.82) is 0 Å². The molecule has 2 N–H and O–H groups in total. The average molecular weight is 250 g/mol. The van der Waals surface area contributed by atoms with Crippen LogP contribution in [0.5, 0.6) is 0 Å². The van der Waals surface area contributed by atoms with E-state index in [1.54, 1.807) is 4.90 Å². The van der Waals surface area contributed by atoms with E-state index in [2.05, 4.69) is 6.92 Å². The van der Waals surface area contributed by atoms with E-state index < -0.39 is 5.82 Å². The van der Waals surface area contributed by atoms with Crippen molar-refractivity contribution >= 4 is 11.6 Å². The second-order valence-electron chi connectivity index (χ2n) is 4.90. The lowest BCUT2D eigenvalue weighted by Gasteiger charge is -2.32. The summed E-state index contributed by atoms with van der Waals surface area (Å²) in [5.74, 6) is -0.0146. The molecule has 4 heteroatoms. The van der Waals surface area contributed by atoms with Gasteiger partial charge in [0.15, 0.2) is 0 Å². The van der Waals surface area contributed by atoms with E-state index >= 15 is 0 Å². The van der Waals surface area contributed by atoms with Gasteiger partial charge in [0.2, 0.25) is 0 Å². The Morgan fingerprint density at radius 3 is 3.06 bits per heavy atom. The Bertz CT molecular complexity index is 447. The summed E-state index contributed by atoms with van der Waals surface area (Å²) in [6.07, 6.45) is 3.25. The molecule has 0 saturated carbocycles. The molecule has 0 radical (unpaired) electrons. The lowest BCUT2D eigenvalue weighted by Crippen LogP contribution is -2.40. The van der Waals surface area contributed by atoms with Crippen LogP contribution >= 0.6 is 0 Å². The minimum absolute atomic E-state index is 0.148. The van der Waals surface area contributed by atoms with Crippen LogP contribution in [-0.4, -0.2) is 23.9 Å². The largest absolute Gasteiger partial charge is 0.398 e. The number of anilines is 1. The number of nitrogen functional groups attached to an aromatic ring is 1. The van der Waals surface area contributed by atoms with Crippen molar-refractivity contribution in [1.82, 2.24) is 4.90 Å². The highest BCUT2D eigenvalue weighted by Gasteiger charge is 2.24. The molecule has 0 aliphatic carbocycles. The first-order chi connectivity index (χ1) is 8.61. The molecule has 0 bridgehead atoms. The number of rotatable bonds is 2. The van der Waals surface area contributed by atoms with Crippen LogP contribution in [0.2, 0.25) is 0 Å². The van der Waals surface area contributed by atoms with Crippen molar-refractivity contribution < 1.29 is 9.18 Å². The van der Waals surface area contributed by atoms with E-state index in [0.717, 1.165) is 25.9 Å². The smallest absolute Gasteiger partial charge is 0.256 e. The van der Waals surface area contributed by atoms with Crippen molar-refractivity contribution in [3.8, 4) is 0 Å². The van der Waals surface area contributed by atoms with Crippen LogP contribution in [0.15, 0.2) is 18.2 Å². The molecular weight excluding hydrogens is 231 g/mol. The molecule has 1 amide bonds. The van der Waals surface area contributed by atoms with E-state index in [1.807, 2.05) is 0 Å². The summed E-state index contributed by atoms with van der Waals surface area (Å²) in [5.41, 5.74) is 6.38. The molecule has 18 heavy (non-hydrogen) atoms. The summed E-state index contributed by atoms with van der Waals surface area (Å²) in [6, 6.07) is 3.95. The molecule has 98 valence electrons. The number of halogens is 1. The highest BCUT2D eigenvalue weighted by molar-refractivity contribution is 5.99. The van der Waals surface area contributed by atoms with Gasteiger partial charge in [0.25, 0.3) is 5.91 Å². The van der Waals surface area contributed by atoms with Gasteiger partial charge in [0.1, 0.15) is 5.82 Å². The van der Waals surface area contributed by atoms with E-state index in [4.69, 9.17) is 5.73 Å². The third-order valence-electron chi connectivity index (χ3n) is 3.63. The van der Waals surface area contributed by atoms with Gasteiger partial charge in [0.05, 0.1) is 5.56 Å². The first-order valence-corrected chi connectivity index (χ1v) is 6.46. The lowest BCUT2D eigenvalue weighted by molar-refractivity contribution is 0.0672. The highest BCUT2D eigenvalue weighted by Crippen LogP contribution is 2.23. The Kier molecular flexibility index (Phi) is 3.84. The molecule has 1 fully saturated rings. The Labute approximate surface area is 107 Å². The number of nitrogens with two attached hydrogens (primary N) is 1. The van der Waals surface area contributed by atoms with Crippen molar-refractivity contribution in [3.05, 3.63) is 29.6 Å². The number of nitrogens with zero attached hydrogens (tertiary/aromatic N) is 1.